The summed E-state index contributed by atoms with van der Waals surface area (Å²) in [6.07, 6.45) is 3.60. The molecule has 1 aromatic carbocycles. The van der Waals surface area contributed by atoms with E-state index in [1.807, 2.05) is 19.1 Å². The number of hydrogen-bond acceptors (Lipinski definition) is 4. The van der Waals surface area contributed by atoms with Gasteiger partial charge in [0, 0.05) is 6.20 Å². The van der Waals surface area contributed by atoms with Crippen LogP contribution in [0.1, 0.15) is 45.8 Å². The smallest absolute Gasteiger partial charge is 0.264 e. The minimum Gasteiger partial charge on any atom is -0.545 e. The summed E-state index contributed by atoms with van der Waals surface area (Å²) in [5.74, 6) is -1.17. The van der Waals surface area contributed by atoms with Gasteiger partial charge >= 0.3 is 0 Å². The molecule has 0 aliphatic heterocycles. The van der Waals surface area contributed by atoms with Gasteiger partial charge in [0.1, 0.15) is 0 Å². The molecule has 128 valence electrons. The van der Waals surface area contributed by atoms with Crippen LogP contribution in [0.25, 0.3) is 16.6 Å². The summed E-state index contributed by atoms with van der Waals surface area (Å²) in [5.41, 5.74) is 4.19. The molecule has 0 saturated heterocycles. The number of nitrogens with zero attached hydrogens (tertiary/aromatic N) is 2. The molecule has 1 aliphatic rings. The van der Waals surface area contributed by atoms with E-state index in [9.17, 15) is 14.7 Å². The molecule has 2 aromatic heterocycles. The molecule has 3 aromatic rings. The van der Waals surface area contributed by atoms with Gasteiger partial charge in [-0.15, -0.1) is 0 Å². The number of benzene rings is 1. The van der Waals surface area contributed by atoms with Crippen LogP contribution in [0.4, 0.5) is 0 Å². The van der Waals surface area contributed by atoms with Gasteiger partial charge in [-0.25, -0.2) is 0 Å². The number of fused-ring (bicyclic) bond motifs is 1. The minimum absolute atomic E-state index is 0.276. The normalized spacial score (nSPS) is 13.5. The number of carbonyl (C=O) groups excluding carboxylic acids is 1. The molecule has 0 atom stereocenters. The summed E-state index contributed by atoms with van der Waals surface area (Å²) in [4.78, 5) is 23.9. The zero-order valence-corrected chi connectivity index (χ0v) is 14.2. The predicted octanol–water partition coefficient (Wildman–Crippen LogP) is 2.39. The van der Waals surface area contributed by atoms with Crippen molar-refractivity contribution in [2.45, 2.75) is 25.7 Å². The Morgan fingerprint density at radius 2 is 1.92 bits per heavy atom. The first kappa shape index (κ1) is 16.1. The molecular formula is C21H15N2O3-. The van der Waals surface area contributed by atoms with E-state index in [0.717, 1.165) is 40.6 Å². The average molecular weight is 343 g/mol. The molecule has 1 saturated carbocycles. The predicted molar refractivity (Wildman–Crippen MR) is 94.9 cm³/mol. The maximum Gasteiger partial charge on any atom is 0.264 e. The molecule has 2 heterocycles. The zero-order chi connectivity index (χ0) is 18.4. The molecule has 0 radical (unpaired) electrons. The first-order chi connectivity index (χ1) is 12.5. The second kappa shape index (κ2) is 5.85. The fraction of sp³-hybridized carbons (Fsp3) is 0.190. The Morgan fingerprint density at radius 1 is 1.23 bits per heavy atom. The van der Waals surface area contributed by atoms with Crippen LogP contribution in [0.5, 0.6) is 0 Å². The van der Waals surface area contributed by atoms with Gasteiger partial charge in [-0.1, -0.05) is 12.1 Å². The van der Waals surface area contributed by atoms with Gasteiger partial charge in [-0.3, -0.25) is 9.20 Å². The summed E-state index contributed by atoms with van der Waals surface area (Å²) in [6, 6.07) is 12.7. The van der Waals surface area contributed by atoms with Crippen molar-refractivity contribution in [3.63, 3.8) is 0 Å². The molecule has 0 N–H and O–H groups in total. The third-order valence-electron chi connectivity index (χ3n) is 4.97. The van der Waals surface area contributed by atoms with E-state index in [0.29, 0.717) is 5.56 Å². The van der Waals surface area contributed by atoms with Crippen LogP contribution in [0.2, 0.25) is 0 Å². The Labute approximate surface area is 149 Å². The highest BCUT2D eigenvalue weighted by atomic mass is 16.4. The van der Waals surface area contributed by atoms with Crippen molar-refractivity contribution in [3.8, 4) is 17.2 Å². The van der Waals surface area contributed by atoms with Crippen LogP contribution in [-0.2, 0) is 0 Å². The fourth-order valence-electron chi connectivity index (χ4n) is 3.49. The number of aromatic nitrogens is 1. The maximum absolute atomic E-state index is 12.6. The molecule has 0 amide bonds. The molecule has 5 heteroatoms. The topological polar surface area (TPSA) is 85.4 Å². The number of pyridine rings is 2. The van der Waals surface area contributed by atoms with Gasteiger partial charge < -0.3 is 9.90 Å². The SMILES string of the molecule is Cc1c(-c2ccc(C#N)cc2)ccn2c(=O)c(C(=O)[O-])cc(C3CC3)c12. The van der Waals surface area contributed by atoms with E-state index in [4.69, 9.17) is 5.26 Å². The summed E-state index contributed by atoms with van der Waals surface area (Å²) < 4.78 is 1.42. The molecule has 1 fully saturated rings. The fourth-order valence-corrected chi connectivity index (χ4v) is 3.49. The third-order valence-corrected chi connectivity index (χ3v) is 4.97. The number of aryl methyl sites for hydroxylation is 1. The van der Waals surface area contributed by atoms with Crippen LogP contribution in [0.3, 0.4) is 0 Å². The Kier molecular flexibility index (Phi) is 3.62. The first-order valence-corrected chi connectivity index (χ1v) is 8.42. The largest absolute Gasteiger partial charge is 0.545 e. The molecule has 1 aliphatic carbocycles. The van der Waals surface area contributed by atoms with E-state index in [2.05, 4.69) is 6.07 Å². The van der Waals surface area contributed by atoms with Crippen LogP contribution in [0, 0.1) is 18.3 Å². The van der Waals surface area contributed by atoms with E-state index < -0.39 is 11.5 Å². The summed E-state index contributed by atoms with van der Waals surface area (Å²) in [7, 11) is 0. The number of hydrogen-bond donors (Lipinski definition) is 0. The average Bonchev–Trinajstić information content (AvgIpc) is 3.47. The summed E-state index contributed by atoms with van der Waals surface area (Å²) >= 11 is 0. The number of carboxylic acids is 1. The van der Waals surface area contributed by atoms with Crippen molar-refractivity contribution in [3.05, 3.63) is 75.2 Å². The molecule has 0 unspecified atom stereocenters. The summed E-state index contributed by atoms with van der Waals surface area (Å²) in [5, 5.41) is 20.3. The number of carbonyl (C=O) groups is 1. The first-order valence-electron chi connectivity index (χ1n) is 8.42. The van der Waals surface area contributed by atoms with Gasteiger partial charge in [0.25, 0.3) is 5.56 Å². The highest BCUT2D eigenvalue weighted by Crippen LogP contribution is 2.43. The van der Waals surface area contributed by atoms with Crippen LogP contribution < -0.4 is 10.7 Å². The van der Waals surface area contributed by atoms with Crippen LogP contribution in [0.15, 0.2) is 47.4 Å². The van der Waals surface area contributed by atoms with Gasteiger partial charge in [0.2, 0.25) is 0 Å². The Hall–Kier alpha value is -3.39. The van der Waals surface area contributed by atoms with Gasteiger partial charge in [0.15, 0.2) is 0 Å². The Bertz CT molecular complexity index is 1150. The lowest BCUT2D eigenvalue weighted by Crippen LogP contribution is -2.32. The minimum atomic E-state index is -1.44. The van der Waals surface area contributed by atoms with Crippen molar-refractivity contribution in [1.29, 1.82) is 5.26 Å². The van der Waals surface area contributed by atoms with E-state index >= 15 is 0 Å². The lowest BCUT2D eigenvalue weighted by atomic mass is 9.96. The quantitative estimate of drug-likeness (QED) is 0.731. The van der Waals surface area contributed by atoms with Crippen molar-refractivity contribution < 1.29 is 9.90 Å². The van der Waals surface area contributed by atoms with Crippen molar-refractivity contribution in [2.24, 2.45) is 0 Å². The maximum atomic E-state index is 12.6. The second-order valence-corrected chi connectivity index (χ2v) is 6.64. The van der Waals surface area contributed by atoms with Gasteiger partial charge in [0.05, 0.1) is 28.7 Å². The summed E-state index contributed by atoms with van der Waals surface area (Å²) in [6.45, 7) is 1.94. The Balaban J connectivity index is 2.01. The Morgan fingerprint density at radius 3 is 2.50 bits per heavy atom. The molecule has 0 bridgehead atoms. The van der Waals surface area contributed by atoms with E-state index in [1.165, 1.54) is 10.5 Å². The number of rotatable bonds is 3. The lowest BCUT2D eigenvalue weighted by molar-refractivity contribution is -0.255. The molecule has 5 nitrogen and oxygen atoms in total. The van der Waals surface area contributed by atoms with Gasteiger partial charge in [-0.2, -0.15) is 5.26 Å². The molecule has 26 heavy (non-hydrogen) atoms. The van der Waals surface area contributed by atoms with Crippen molar-refractivity contribution in [2.75, 3.05) is 0 Å². The van der Waals surface area contributed by atoms with Crippen molar-refractivity contribution >= 4 is 11.5 Å². The molecule has 4 rings (SSSR count). The third kappa shape index (κ3) is 2.47. The highest BCUT2D eigenvalue weighted by molar-refractivity contribution is 5.88. The van der Waals surface area contributed by atoms with Crippen LogP contribution in [-0.4, -0.2) is 10.4 Å². The van der Waals surface area contributed by atoms with Gasteiger partial charge in [-0.05, 0) is 72.2 Å². The number of carboxylic acid groups (broad SMARTS) is 1. The zero-order valence-electron chi connectivity index (χ0n) is 14.2. The lowest BCUT2D eigenvalue weighted by Gasteiger charge is -2.16. The van der Waals surface area contributed by atoms with Crippen molar-refractivity contribution in [1.82, 2.24) is 4.40 Å². The van der Waals surface area contributed by atoms with E-state index in [-0.39, 0.29) is 11.5 Å². The second-order valence-electron chi connectivity index (χ2n) is 6.64. The van der Waals surface area contributed by atoms with Crippen LogP contribution >= 0.6 is 0 Å². The molecular weight excluding hydrogens is 328 g/mol. The molecule has 0 spiro atoms. The standard InChI is InChI=1S/C21H16N2O3/c1-12-16(14-4-2-13(11-22)3-5-14)8-9-23-19(12)17(15-6-7-15)10-18(20(23)24)21(25)26/h2-5,8-10,15H,6-7H2,1H3,(H,25,26)/p-1. The highest BCUT2D eigenvalue weighted by Gasteiger charge is 2.28. The van der Waals surface area contributed by atoms with E-state index in [1.54, 1.807) is 24.4 Å². The number of nitriles is 1. The number of aromatic carboxylic acids is 1. The monoisotopic (exact) mass is 343 g/mol.